The van der Waals surface area contributed by atoms with Gasteiger partial charge in [0.25, 0.3) is 0 Å². The number of hydrogen-bond donors (Lipinski definition) is 4. The second kappa shape index (κ2) is 19.7. The van der Waals surface area contributed by atoms with Gasteiger partial charge in [-0.3, -0.25) is 19.2 Å². The number of hydrogen-bond acceptors (Lipinski definition) is 4. The van der Waals surface area contributed by atoms with Crippen molar-refractivity contribution in [2.24, 2.45) is 5.73 Å². The van der Waals surface area contributed by atoms with E-state index in [2.05, 4.69) is 55.9 Å². The molecule has 0 aromatic rings. The minimum absolute atomic E-state index is 0.0149. The Kier molecular flexibility index (Phi) is 21.3. The number of unbranched alkanes of at least 4 members (excludes halogenated alkanes) is 1. The zero-order valence-electron chi connectivity index (χ0n) is 15.1. The topological polar surface area (TPSA) is 130 Å². The van der Waals surface area contributed by atoms with Crippen LogP contribution >= 0.6 is 40.0 Å². The number of rotatable bonds is 12. The number of carbonyl (C=O) groups is 4. The normalized spacial score (nSPS) is 10.6. The van der Waals surface area contributed by atoms with Gasteiger partial charge in [0.1, 0.15) is 6.04 Å². The fraction of sp³-hybridized carbons (Fsp3) is 0.733. The van der Waals surface area contributed by atoms with Crippen LogP contribution in [0.4, 0.5) is 0 Å². The van der Waals surface area contributed by atoms with E-state index < -0.39 is 11.9 Å². The maximum absolute atomic E-state index is 11.7. The summed E-state index contributed by atoms with van der Waals surface area (Å²) in [5.41, 5.74) is 5.27. The van der Waals surface area contributed by atoms with Gasteiger partial charge in [0.05, 0.1) is 0 Å². The van der Waals surface area contributed by atoms with Gasteiger partial charge in [0, 0.05) is 32.4 Å². The van der Waals surface area contributed by atoms with Crippen molar-refractivity contribution in [2.75, 3.05) is 13.1 Å². The summed E-state index contributed by atoms with van der Waals surface area (Å²) in [7, 11) is 0.628. The average Bonchev–Trinajstić information content (AvgIpc) is 2.60. The van der Waals surface area contributed by atoms with Crippen LogP contribution in [-0.2, 0) is 28.6 Å². The van der Waals surface area contributed by atoms with Gasteiger partial charge in [0.2, 0.25) is 23.6 Å². The van der Waals surface area contributed by atoms with E-state index in [1.54, 1.807) is 13.8 Å². The number of nitrogens with one attached hydrogen (secondary N) is 3. The van der Waals surface area contributed by atoms with Gasteiger partial charge < -0.3 is 21.7 Å². The summed E-state index contributed by atoms with van der Waals surface area (Å²) >= 11 is 4.74. The Morgan fingerprint density at radius 3 is 1.88 bits per heavy atom. The van der Waals surface area contributed by atoms with E-state index in [1.165, 1.54) is 0 Å². The Hall–Kier alpha value is -0.0756. The van der Waals surface area contributed by atoms with Crippen molar-refractivity contribution in [1.82, 2.24) is 16.0 Å². The summed E-state index contributed by atoms with van der Waals surface area (Å²) in [5, 5.41) is 7.89. The van der Waals surface area contributed by atoms with Crippen molar-refractivity contribution in [3.63, 3.8) is 0 Å². The Labute approximate surface area is 184 Å². The fourth-order valence-corrected chi connectivity index (χ4v) is 1.82. The van der Waals surface area contributed by atoms with Crippen LogP contribution in [0.3, 0.4) is 0 Å². The number of halogens is 2. The third-order valence-electron chi connectivity index (χ3n) is 3.24. The van der Waals surface area contributed by atoms with Crippen molar-refractivity contribution in [3.8, 4) is 0 Å². The predicted octanol–water partition coefficient (Wildman–Crippen LogP) is 1.34. The van der Waals surface area contributed by atoms with Gasteiger partial charge in [-0.15, -0.1) is 0 Å². The predicted molar refractivity (Wildman–Crippen MR) is 114 cm³/mol. The summed E-state index contributed by atoms with van der Waals surface area (Å²) in [5.74, 6) is -1.06. The molecule has 0 aliphatic rings. The van der Waals surface area contributed by atoms with E-state index in [4.69, 9.17) is 5.73 Å². The third-order valence-corrected chi connectivity index (χ3v) is 3.24. The zero-order chi connectivity index (χ0) is 20.4. The first kappa shape index (κ1) is 28.1. The molecule has 0 aliphatic carbocycles. The molecular weight excluding hydrogens is 605 g/mol. The zero-order valence-corrected chi connectivity index (χ0v) is 20.9. The van der Waals surface area contributed by atoms with Crippen molar-refractivity contribution < 1.29 is 28.6 Å². The van der Waals surface area contributed by atoms with E-state index in [9.17, 15) is 19.2 Å². The molecule has 151 valence electrons. The van der Waals surface area contributed by atoms with Gasteiger partial charge in [-0.2, -0.15) is 0 Å². The maximum atomic E-state index is 11.7. The Morgan fingerprint density at radius 2 is 1.42 bits per heavy atom. The van der Waals surface area contributed by atoms with Crippen LogP contribution in [0.25, 0.3) is 0 Å². The van der Waals surface area contributed by atoms with Gasteiger partial charge in [0.15, 0.2) is 0 Å². The molecule has 0 aromatic heterocycles. The van der Waals surface area contributed by atoms with Crippen LogP contribution < -0.4 is 21.7 Å². The van der Waals surface area contributed by atoms with E-state index in [1.807, 2.05) is 0 Å². The molecule has 8 nitrogen and oxygen atoms in total. The van der Waals surface area contributed by atoms with Crippen molar-refractivity contribution >= 4 is 63.6 Å². The Bertz CT molecular complexity index is 442. The first-order chi connectivity index (χ1) is 12.3. The molecule has 1 atom stereocenters. The number of primary amides is 1. The summed E-state index contributed by atoms with van der Waals surface area (Å²) in [4.78, 5) is 45.2. The molecule has 0 aliphatic heterocycles. The van der Waals surface area contributed by atoms with Crippen LogP contribution in [0.5, 0.6) is 0 Å². The molecule has 26 heavy (non-hydrogen) atoms. The number of nitrogens with two attached hydrogens (primary N) is 1. The molecule has 0 rings (SSSR count). The molecule has 0 spiro atoms. The second-order valence-corrected chi connectivity index (χ2v) is 17.0. The quantitative estimate of drug-likeness (QED) is 0.191. The molecular formula is C15H28I2N4O4V. The molecule has 0 aromatic carbocycles. The number of amides is 4. The standard InChI is InChI=1S/C15H28N4O4.2HI.V/c1-3-12(20)17-9-6-5-7-11(15(16)23)19-14(22)8-10-18-13(21)4-2;;;/h11H,3-10H2,1-2H3,(H2,16,23)(H,17,20)(H,18,21)(H,19,22);2*1H;/q;;;+2/p-2. The summed E-state index contributed by atoms with van der Waals surface area (Å²) in [6.45, 7) is 4.26. The van der Waals surface area contributed by atoms with Crippen LogP contribution in [0.2, 0.25) is 0 Å². The summed E-state index contributed by atoms with van der Waals surface area (Å²) < 4.78 is 0. The van der Waals surface area contributed by atoms with Gasteiger partial charge in [-0.25, -0.2) is 0 Å². The molecule has 0 saturated heterocycles. The second-order valence-electron chi connectivity index (χ2n) is 5.24. The van der Waals surface area contributed by atoms with Crippen molar-refractivity contribution in [1.29, 1.82) is 0 Å². The molecule has 0 heterocycles. The third kappa shape index (κ3) is 18.7. The Morgan fingerprint density at radius 1 is 0.923 bits per heavy atom. The van der Waals surface area contributed by atoms with Crippen LogP contribution in [0, 0.1) is 0 Å². The van der Waals surface area contributed by atoms with Crippen LogP contribution in [-0.4, -0.2) is 42.8 Å². The average molecular weight is 633 g/mol. The van der Waals surface area contributed by atoms with Gasteiger partial charge >= 0.3 is 49.4 Å². The first-order valence-corrected chi connectivity index (χ1v) is 17.4. The van der Waals surface area contributed by atoms with Gasteiger partial charge in [-0.05, 0) is 19.3 Å². The van der Waals surface area contributed by atoms with Crippen LogP contribution in [0.15, 0.2) is 0 Å². The van der Waals surface area contributed by atoms with E-state index in [-0.39, 0.29) is 30.7 Å². The molecule has 0 bridgehead atoms. The summed E-state index contributed by atoms with van der Waals surface area (Å²) in [6.07, 6.45) is 2.68. The molecule has 0 radical (unpaired) electrons. The van der Waals surface area contributed by atoms with E-state index >= 15 is 0 Å². The molecule has 11 heteroatoms. The van der Waals surface area contributed by atoms with E-state index in [0.29, 0.717) is 48.1 Å². The molecule has 4 amide bonds. The summed E-state index contributed by atoms with van der Waals surface area (Å²) in [6, 6.07) is -0.730. The molecule has 0 saturated carbocycles. The van der Waals surface area contributed by atoms with Crippen molar-refractivity contribution in [2.45, 2.75) is 58.4 Å². The molecule has 5 N–H and O–H groups in total. The minimum atomic E-state index is -0.730. The van der Waals surface area contributed by atoms with Crippen LogP contribution in [0.1, 0.15) is 52.4 Å². The fourth-order valence-electron chi connectivity index (χ4n) is 1.82. The number of carbonyl (C=O) groups excluding carboxylic acids is 4. The van der Waals surface area contributed by atoms with E-state index in [0.717, 1.165) is 0 Å². The van der Waals surface area contributed by atoms with Crippen molar-refractivity contribution in [3.05, 3.63) is 0 Å². The monoisotopic (exact) mass is 633 g/mol. The Balaban J connectivity index is 0. The molecule has 0 fully saturated rings. The van der Waals surface area contributed by atoms with Gasteiger partial charge in [-0.1, -0.05) is 13.8 Å². The SMILES string of the molecule is CCC(=O)NCCCCC(NC(=O)CCNC(=O)CC)C(N)=O.[I][V][I]. The first-order valence-electron chi connectivity index (χ1n) is 8.36. The molecule has 1 unspecified atom stereocenters.